The van der Waals surface area contributed by atoms with Gasteiger partial charge in [0.2, 0.25) is 10.0 Å². The van der Waals surface area contributed by atoms with Gasteiger partial charge in [0.05, 0.1) is 29.8 Å². The van der Waals surface area contributed by atoms with Crippen molar-refractivity contribution in [1.82, 2.24) is 9.97 Å². The molecule has 0 atom stereocenters. The second-order valence-corrected chi connectivity index (χ2v) is 6.43. The largest absolute Gasteiger partial charge is 0.266 e. The third kappa shape index (κ3) is 4.01. The van der Waals surface area contributed by atoms with Gasteiger partial charge in [-0.3, -0.25) is 4.72 Å². The van der Waals surface area contributed by atoms with Gasteiger partial charge >= 0.3 is 0 Å². The number of benzene rings is 1. The van der Waals surface area contributed by atoms with Crippen LogP contribution in [0.5, 0.6) is 0 Å². The van der Waals surface area contributed by atoms with Gasteiger partial charge in [0.25, 0.3) is 0 Å². The van der Waals surface area contributed by atoms with E-state index >= 15 is 0 Å². The number of rotatable bonds is 4. The molecule has 2 aromatic rings. The number of nitrogens with one attached hydrogen (secondary N) is 1. The Labute approximate surface area is 124 Å². The molecule has 1 aromatic heterocycles. The molecule has 1 aromatic carbocycles. The van der Waals surface area contributed by atoms with Gasteiger partial charge in [0.15, 0.2) is 5.82 Å². The van der Waals surface area contributed by atoms with Crippen LogP contribution in [0.2, 0.25) is 0 Å². The molecule has 0 aliphatic heterocycles. The van der Waals surface area contributed by atoms with Crippen LogP contribution in [0.15, 0.2) is 41.3 Å². The number of sulfonamides is 1. The molecule has 8 heteroatoms. The van der Waals surface area contributed by atoms with E-state index in [0.29, 0.717) is 15.7 Å². The maximum absolute atomic E-state index is 12.0. The molecule has 0 spiro atoms. The number of aromatic nitrogens is 2. The Morgan fingerprint density at radius 1 is 1.30 bits per heavy atom. The lowest BCUT2D eigenvalue weighted by Crippen LogP contribution is -2.16. The highest BCUT2D eigenvalue weighted by atomic mass is 79.9. The molecule has 0 unspecified atom stereocenters. The molecule has 0 aliphatic rings. The summed E-state index contributed by atoms with van der Waals surface area (Å²) in [5, 5.41) is 8.78. The molecule has 0 radical (unpaired) electrons. The number of halogens is 1. The van der Waals surface area contributed by atoms with E-state index in [1.807, 2.05) is 6.07 Å². The zero-order valence-electron chi connectivity index (χ0n) is 10.1. The highest BCUT2D eigenvalue weighted by Gasteiger charge is 2.13. The number of anilines is 1. The summed E-state index contributed by atoms with van der Waals surface area (Å²) in [4.78, 5) is 7.77. The van der Waals surface area contributed by atoms with Crippen molar-refractivity contribution < 1.29 is 8.42 Å². The van der Waals surface area contributed by atoms with Crippen LogP contribution in [0.25, 0.3) is 0 Å². The Hall–Kier alpha value is -1.98. The second-order valence-electron chi connectivity index (χ2n) is 3.90. The van der Waals surface area contributed by atoms with Crippen LogP contribution >= 0.6 is 15.9 Å². The fourth-order valence-electron chi connectivity index (χ4n) is 1.51. The van der Waals surface area contributed by atoms with E-state index < -0.39 is 10.0 Å². The predicted octanol–water partition coefficient (Wildman–Crippen LogP) is 2.05. The molecule has 2 rings (SSSR count). The maximum atomic E-state index is 12.0. The molecule has 6 nitrogen and oxygen atoms in total. The van der Waals surface area contributed by atoms with Gasteiger partial charge in [-0.15, -0.1) is 0 Å². The van der Waals surface area contributed by atoms with E-state index in [-0.39, 0.29) is 11.6 Å². The molecule has 0 fully saturated rings. The Balaban J connectivity index is 2.15. The summed E-state index contributed by atoms with van der Waals surface area (Å²) < 4.78 is 26.8. The van der Waals surface area contributed by atoms with Crippen LogP contribution < -0.4 is 4.72 Å². The summed E-state index contributed by atoms with van der Waals surface area (Å²) in [5.41, 5.74) is 0.947. The predicted molar refractivity (Wildman–Crippen MR) is 77.1 cm³/mol. The van der Waals surface area contributed by atoms with E-state index in [2.05, 4.69) is 30.6 Å². The molecule has 20 heavy (non-hydrogen) atoms. The first-order valence-electron chi connectivity index (χ1n) is 5.45. The minimum atomic E-state index is -3.60. The van der Waals surface area contributed by atoms with Gasteiger partial charge in [0, 0.05) is 0 Å². The first-order valence-corrected chi connectivity index (χ1v) is 7.90. The van der Waals surface area contributed by atoms with Crippen LogP contribution in [0.3, 0.4) is 0 Å². The van der Waals surface area contributed by atoms with E-state index in [1.165, 1.54) is 18.5 Å². The van der Waals surface area contributed by atoms with Crippen LogP contribution in [0.4, 0.5) is 5.82 Å². The zero-order valence-corrected chi connectivity index (χ0v) is 12.5. The lowest BCUT2D eigenvalue weighted by molar-refractivity contribution is 0.600. The zero-order chi connectivity index (χ0) is 14.6. The van der Waals surface area contributed by atoms with Crippen molar-refractivity contribution in [3.8, 4) is 6.07 Å². The summed E-state index contributed by atoms with van der Waals surface area (Å²) in [6.45, 7) is 0. The monoisotopic (exact) mass is 352 g/mol. The normalized spacial score (nSPS) is 10.8. The SMILES string of the molecule is N#Cc1cccc(CS(=O)(=O)Nc2cnc(Br)cn2)c1. The van der Waals surface area contributed by atoms with Gasteiger partial charge in [-0.05, 0) is 33.6 Å². The topological polar surface area (TPSA) is 95.7 Å². The lowest BCUT2D eigenvalue weighted by atomic mass is 10.2. The standard InChI is InChI=1S/C12H9BrN4O2S/c13-11-6-16-12(7-15-11)17-20(18,19)8-10-3-1-2-9(4-10)5-14/h1-4,6-7H,8H2,(H,16,17). The van der Waals surface area contributed by atoms with Crippen molar-refractivity contribution in [1.29, 1.82) is 5.26 Å². The van der Waals surface area contributed by atoms with Crippen molar-refractivity contribution in [2.75, 3.05) is 4.72 Å². The summed E-state index contributed by atoms with van der Waals surface area (Å²) in [7, 11) is -3.60. The fourth-order valence-corrected chi connectivity index (χ4v) is 2.83. The molecular formula is C12H9BrN4O2S. The molecule has 0 aliphatic carbocycles. The Bertz CT molecular complexity index is 754. The molecule has 0 saturated carbocycles. The summed E-state index contributed by atoms with van der Waals surface area (Å²) >= 11 is 3.11. The van der Waals surface area contributed by atoms with Gasteiger partial charge in [0.1, 0.15) is 4.60 Å². The van der Waals surface area contributed by atoms with Crippen LogP contribution in [-0.4, -0.2) is 18.4 Å². The van der Waals surface area contributed by atoms with Gasteiger partial charge in [-0.2, -0.15) is 5.26 Å². The average molecular weight is 353 g/mol. The van der Waals surface area contributed by atoms with Gasteiger partial charge < -0.3 is 0 Å². The number of hydrogen-bond acceptors (Lipinski definition) is 5. The minimum Gasteiger partial charge on any atom is -0.266 e. The average Bonchev–Trinajstić information content (AvgIpc) is 2.41. The molecule has 0 bridgehead atoms. The number of nitrogens with zero attached hydrogens (tertiary/aromatic N) is 3. The summed E-state index contributed by atoms with van der Waals surface area (Å²) in [6, 6.07) is 8.40. The van der Waals surface area contributed by atoms with Gasteiger partial charge in [-0.25, -0.2) is 18.4 Å². The third-order valence-electron chi connectivity index (χ3n) is 2.29. The first-order chi connectivity index (χ1) is 9.48. The van der Waals surface area contributed by atoms with Gasteiger partial charge in [-0.1, -0.05) is 12.1 Å². The molecule has 0 saturated heterocycles. The number of hydrogen-bond donors (Lipinski definition) is 1. The van der Waals surface area contributed by atoms with Crippen molar-refractivity contribution in [3.63, 3.8) is 0 Å². The first kappa shape index (κ1) is 14.4. The number of nitriles is 1. The molecular weight excluding hydrogens is 344 g/mol. The molecule has 0 amide bonds. The summed E-state index contributed by atoms with van der Waals surface area (Å²) in [5.74, 6) is -0.0927. The molecule has 1 heterocycles. The van der Waals surface area contributed by atoms with Crippen LogP contribution in [0.1, 0.15) is 11.1 Å². The molecule has 1 N–H and O–H groups in total. The smallest absolute Gasteiger partial charge is 0.238 e. The Morgan fingerprint density at radius 2 is 2.10 bits per heavy atom. The maximum Gasteiger partial charge on any atom is 0.238 e. The van der Waals surface area contributed by atoms with E-state index in [4.69, 9.17) is 5.26 Å². The van der Waals surface area contributed by atoms with Crippen molar-refractivity contribution in [2.24, 2.45) is 0 Å². The fraction of sp³-hybridized carbons (Fsp3) is 0.0833. The quantitative estimate of drug-likeness (QED) is 0.908. The van der Waals surface area contributed by atoms with E-state index in [1.54, 1.807) is 18.2 Å². The second kappa shape index (κ2) is 5.98. The Kier molecular flexibility index (Phi) is 4.32. The summed E-state index contributed by atoms with van der Waals surface area (Å²) in [6.07, 6.45) is 2.71. The van der Waals surface area contributed by atoms with E-state index in [9.17, 15) is 8.42 Å². The molecule has 102 valence electrons. The highest BCUT2D eigenvalue weighted by molar-refractivity contribution is 9.10. The van der Waals surface area contributed by atoms with Crippen molar-refractivity contribution >= 4 is 31.8 Å². The van der Waals surface area contributed by atoms with E-state index in [0.717, 1.165) is 0 Å². The highest BCUT2D eigenvalue weighted by Crippen LogP contribution is 2.12. The minimum absolute atomic E-state index is 0.143. The Morgan fingerprint density at radius 3 is 2.75 bits per heavy atom. The van der Waals surface area contributed by atoms with Crippen LogP contribution in [0, 0.1) is 11.3 Å². The van der Waals surface area contributed by atoms with Crippen molar-refractivity contribution in [3.05, 3.63) is 52.4 Å². The van der Waals surface area contributed by atoms with Crippen LogP contribution in [-0.2, 0) is 15.8 Å². The third-order valence-corrected chi connectivity index (χ3v) is 3.94. The van der Waals surface area contributed by atoms with Crippen molar-refractivity contribution in [2.45, 2.75) is 5.75 Å². The lowest BCUT2D eigenvalue weighted by Gasteiger charge is -2.07.